The number of aliphatic hydroxyl groups is 1. The Morgan fingerprint density at radius 3 is 2.12 bits per heavy atom. The molecule has 144 valence electrons. The average molecular weight is 374 g/mol. The van der Waals surface area contributed by atoms with E-state index in [1.807, 2.05) is 6.92 Å². The number of hydrogen-bond donors (Lipinski definition) is 2. The van der Waals surface area contributed by atoms with Gasteiger partial charge in [0, 0.05) is 6.61 Å². The van der Waals surface area contributed by atoms with Gasteiger partial charge in [-0.15, -0.1) is 0 Å². The first-order chi connectivity index (χ1) is 11.9. The summed E-state index contributed by atoms with van der Waals surface area (Å²) in [4.78, 5) is 11.0. The molecule has 7 heteroatoms. The molecular formula is C18H31NO5S. The van der Waals surface area contributed by atoms with Crippen molar-refractivity contribution in [2.45, 2.75) is 64.2 Å². The van der Waals surface area contributed by atoms with E-state index in [0.29, 0.717) is 6.61 Å². The van der Waals surface area contributed by atoms with Gasteiger partial charge < -0.3 is 9.84 Å². The maximum absolute atomic E-state index is 11.6. The fraction of sp³-hybridized carbons (Fsp3) is 0.611. The Labute approximate surface area is 151 Å². The first-order valence-electron chi connectivity index (χ1n) is 8.74. The Morgan fingerprint density at radius 1 is 1.04 bits per heavy atom. The number of sulfonamides is 1. The number of aliphatic hydroxyl groups excluding tert-OH is 1. The third-order valence-electron chi connectivity index (χ3n) is 3.34. The zero-order valence-corrected chi connectivity index (χ0v) is 16.3. The molecule has 0 aliphatic carbocycles. The van der Waals surface area contributed by atoms with Crippen LogP contribution in [0, 0.1) is 6.92 Å². The van der Waals surface area contributed by atoms with Crippen LogP contribution in [0.3, 0.4) is 0 Å². The van der Waals surface area contributed by atoms with Crippen LogP contribution in [0.5, 0.6) is 0 Å². The molecule has 25 heavy (non-hydrogen) atoms. The Balaban J connectivity index is 0.000000547. The van der Waals surface area contributed by atoms with E-state index in [0.717, 1.165) is 12.0 Å². The molecular weight excluding hydrogens is 342 g/mol. The molecule has 1 aromatic carbocycles. The molecule has 1 rings (SSSR count). The molecule has 0 bridgehead atoms. The predicted octanol–water partition coefficient (Wildman–Crippen LogP) is 3.77. The number of carbonyl (C=O) groups is 1. The topological polar surface area (TPSA) is 92.7 Å². The van der Waals surface area contributed by atoms with Crippen molar-refractivity contribution in [3.8, 4) is 0 Å². The zero-order valence-electron chi connectivity index (χ0n) is 15.5. The molecule has 0 saturated heterocycles. The lowest BCUT2D eigenvalue weighted by Gasteiger charge is -2.06. The number of amides is 1. The molecule has 2 N–H and O–H groups in total. The van der Waals surface area contributed by atoms with Gasteiger partial charge in [-0.2, -0.15) is 0 Å². The summed E-state index contributed by atoms with van der Waals surface area (Å²) in [5.41, 5.74) is 0.940. The van der Waals surface area contributed by atoms with E-state index < -0.39 is 16.1 Å². The van der Waals surface area contributed by atoms with E-state index in [4.69, 9.17) is 5.11 Å². The first kappa shape index (κ1) is 23.4. The summed E-state index contributed by atoms with van der Waals surface area (Å²) in [6.07, 6.45) is 6.53. The van der Waals surface area contributed by atoms with Crippen molar-refractivity contribution < 1.29 is 23.1 Å². The SMILES string of the molecule is CCCCCCCCO.CCOC(=O)NS(=O)(=O)c1ccc(C)cc1. The van der Waals surface area contributed by atoms with Crippen molar-refractivity contribution >= 4 is 16.1 Å². The van der Waals surface area contributed by atoms with E-state index >= 15 is 0 Å². The van der Waals surface area contributed by atoms with Crippen molar-refractivity contribution in [3.05, 3.63) is 29.8 Å². The third-order valence-corrected chi connectivity index (χ3v) is 4.66. The van der Waals surface area contributed by atoms with Crippen LogP contribution in [0.2, 0.25) is 0 Å². The number of aryl methyl sites for hydroxylation is 1. The molecule has 0 spiro atoms. The highest BCUT2D eigenvalue weighted by atomic mass is 32.2. The van der Waals surface area contributed by atoms with Gasteiger partial charge in [0.15, 0.2) is 0 Å². The number of unbranched alkanes of at least 4 members (excludes halogenated alkanes) is 5. The molecule has 0 aliphatic heterocycles. The molecule has 0 fully saturated rings. The lowest BCUT2D eigenvalue weighted by Crippen LogP contribution is -2.31. The fourth-order valence-electron chi connectivity index (χ4n) is 1.94. The maximum Gasteiger partial charge on any atom is 0.421 e. The molecule has 0 aliphatic rings. The van der Waals surface area contributed by atoms with Gasteiger partial charge >= 0.3 is 6.09 Å². The van der Waals surface area contributed by atoms with Crippen LogP contribution in [-0.4, -0.2) is 32.8 Å². The lowest BCUT2D eigenvalue weighted by atomic mass is 10.1. The van der Waals surface area contributed by atoms with Gasteiger partial charge in [-0.1, -0.05) is 56.7 Å². The number of rotatable bonds is 9. The molecule has 1 amide bonds. The second-order valence-electron chi connectivity index (χ2n) is 5.63. The zero-order chi connectivity index (χ0) is 19.1. The number of hydrogen-bond acceptors (Lipinski definition) is 5. The minimum absolute atomic E-state index is 0.0335. The summed E-state index contributed by atoms with van der Waals surface area (Å²) in [7, 11) is -3.82. The maximum atomic E-state index is 11.6. The molecule has 0 radical (unpaired) electrons. The average Bonchev–Trinajstić information content (AvgIpc) is 2.55. The van der Waals surface area contributed by atoms with Crippen molar-refractivity contribution in [1.29, 1.82) is 0 Å². The molecule has 0 aromatic heterocycles. The van der Waals surface area contributed by atoms with E-state index in [2.05, 4.69) is 11.7 Å². The number of nitrogens with one attached hydrogen (secondary N) is 1. The summed E-state index contributed by atoms with van der Waals surface area (Å²) in [6.45, 7) is 6.14. The summed E-state index contributed by atoms with van der Waals surface area (Å²) in [6, 6.07) is 6.16. The first-order valence-corrected chi connectivity index (χ1v) is 10.2. The molecule has 0 unspecified atom stereocenters. The molecule has 0 atom stereocenters. The van der Waals surface area contributed by atoms with E-state index in [1.165, 1.54) is 44.2 Å². The number of benzene rings is 1. The highest BCUT2D eigenvalue weighted by molar-refractivity contribution is 7.90. The Bertz CT molecular complexity index is 564. The predicted molar refractivity (Wildman–Crippen MR) is 99.0 cm³/mol. The van der Waals surface area contributed by atoms with Crippen molar-refractivity contribution in [2.75, 3.05) is 13.2 Å². The Hall–Kier alpha value is -1.60. The van der Waals surface area contributed by atoms with E-state index in [9.17, 15) is 13.2 Å². The highest BCUT2D eigenvalue weighted by Crippen LogP contribution is 2.09. The standard InChI is InChI=1S/C10H13NO4S.C8H18O/c1-3-15-10(12)11-16(13,14)9-6-4-8(2)5-7-9;1-2-3-4-5-6-7-8-9/h4-7H,3H2,1-2H3,(H,11,12);9H,2-8H2,1H3. The lowest BCUT2D eigenvalue weighted by molar-refractivity contribution is 0.158. The van der Waals surface area contributed by atoms with Crippen LogP contribution in [0.4, 0.5) is 4.79 Å². The molecule has 1 aromatic rings. The van der Waals surface area contributed by atoms with E-state index in [1.54, 1.807) is 23.8 Å². The van der Waals surface area contributed by atoms with Crippen LogP contribution in [-0.2, 0) is 14.8 Å². The summed E-state index contributed by atoms with van der Waals surface area (Å²) in [5, 5.41) is 8.42. The minimum atomic E-state index is -3.82. The third kappa shape index (κ3) is 11.6. The van der Waals surface area contributed by atoms with Crippen LogP contribution >= 0.6 is 0 Å². The Kier molecular flexibility index (Phi) is 12.8. The van der Waals surface area contributed by atoms with Gasteiger partial charge in [0.2, 0.25) is 0 Å². The summed E-state index contributed by atoms with van der Waals surface area (Å²) < 4.78 is 29.5. The molecule has 6 nitrogen and oxygen atoms in total. The van der Waals surface area contributed by atoms with Gasteiger partial charge in [0.1, 0.15) is 0 Å². The largest absolute Gasteiger partial charge is 0.449 e. The molecule has 0 saturated carbocycles. The number of carbonyl (C=O) groups excluding carboxylic acids is 1. The molecule has 0 heterocycles. The second-order valence-corrected chi connectivity index (χ2v) is 7.31. The van der Waals surface area contributed by atoms with Gasteiger partial charge in [-0.3, -0.25) is 0 Å². The van der Waals surface area contributed by atoms with E-state index in [-0.39, 0.29) is 11.5 Å². The van der Waals surface area contributed by atoms with Gasteiger partial charge in [-0.05, 0) is 32.4 Å². The van der Waals surface area contributed by atoms with Crippen molar-refractivity contribution in [2.24, 2.45) is 0 Å². The monoisotopic (exact) mass is 373 g/mol. The van der Waals surface area contributed by atoms with Crippen LogP contribution < -0.4 is 4.72 Å². The van der Waals surface area contributed by atoms with Crippen LogP contribution in [0.25, 0.3) is 0 Å². The van der Waals surface area contributed by atoms with Crippen LogP contribution in [0.1, 0.15) is 57.9 Å². The minimum Gasteiger partial charge on any atom is -0.449 e. The summed E-state index contributed by atoms with van der Waals surface area (Å²) in [5.74, 6) is 0. The fourth-order valence-corrected chi connectivity index (χ4v) is 2.83. The van der Waals surface area contributed by atoms with Crippen molar-refractivity contribution in [1.82, 2.24) is 4.72 Å². The van der Waals surface area contributed by atoms with Gasteiger partial charge in [0.05, 0.1) is 11.5 Å². The normalized spacial score (nSPS) is 10.6. The van der Waals surface area contributed by atoms with Crippen molar-refractivity contribution in [3.63, 3.8) is 0 Å². The Morgan fingerprint density at radius 2 is 1.60 bits per heavy atom. The summed E-state index contributed by atoms with van der Waals surface area (Å²) >= 11 is 0. The van der Waals surface area contributed by atoms with Gasteiger partial charge in [-0.25, -0.2) is 17.9 Å². The quantitative estimate of drug-likeness (QED) is 0.643. The highest BCUT2D eigenvalue weighted by Gasteiger charge is 2.17. The smallest absolute Gasteiger partial charge is 0.421 e. The van der Waals surface area contributed by atoms with Gasteiger partial charge in [0.25, 0.3) is 10.0 Å². The number of ether oxygens (including phenoxy) is 1. The van der Waals surface area contributed by atoms with Crippen LogP contribution in [0.15, 0.2) is 29.2 Å². The second kappa shape index (κ2) is 13.7.